The molecule has 0 fully saturated rings. The number of benzene rings is 3. The molecule has 32 heavy (non-hydrogen) atoms. The summed E-state index contributed by atoms with van der Waals surface area (Å²) in [5.41, 5.74) is 3.44. The molecule has 0 saturated carbocycles. The van der Waals surface area contributed by atoms with Gasteiger partial charge in [0.15, 0.2) is 11.5 Å². The number of oxime groups is 1. The van der Waals surface area contributed by atoms with Gasteiger partial charge in [-0.15, -0.1) is 0 Å². The van der Waals surface area contributed by atoms with Crippen molar-refractivity contribution in [3.05, 3.63) is 93.0 Å². The number of rotatable bonds is 9. The van der Waals surface area contributed by atoms with Crippen LogP contribution in [0.4, 0.5) is 0 Å². The van der Waals surface area contributed by atoms with Crippen LogP contribution in [0.3, 0.4) is 0 Å². The molecule has 0 atom stereocenters. The summed E-state index contributed by atoms with van der Waals surface area (Å²) in [6, 6.07) is 22.5. The van der Waals surface area contributed by atoms with Gasteiger partial charge in [-0.3, -0.25) is 0 Å². The molecule has 0 bridgehead atoms. The van der Waals surface area contributed by atoms with E-state index in [2.05, 4.69) is 33.2 Å². The fraction of sp³-hybridized carbons (Fsp3) is 0.160. The van der Waals surface area contributed by atoms with E-state index in [0.717, 1.165) is 16.7 Å². The summed E-state index contributed by atoms with van der Waals surface area (Å²) in [6.45, 7) is 2.77. The van der Waals surface area contributed by atoms with Crippen LogP contribution in [0.15, 0.2) is 70.3 Å². The zero-order valence-corrected chi connectivity index (χ0v) is 19.0. The van der Waals surface area contributed by atoms with Crippen LogP contribution in [0.5, 0.6) is 11.5 Å². The summed E-state index contributed by atoms with van der Waals surface area (Å²) >= 11 is 3.53. The first kappa shape index (κ1) is 22.9. The molecule has 0 spiro atoms. The van der Waals surface area contributed by atoms with Crippen molar-refractivity contribution in [2.24, 2.45) is 5.16 Å². The average Bonchev–Trinajstić information content (AvgIpc) is 2.82. The summed E-state index contributed by atoms with van der Waals surface area (Å²) in [5, 5.41) is 22.4. The molecule has 160 valence electrons. The highest BCUT2D eigenvalue weighted by Gasteiger charge is 2.13. The van der Waals surface area contributed by atoms with Crippen molar-refractivity contribution >= 4 is 22.1 Å². The van der Waals surface area contributed by atoms with Crippen molar-refractivity contribution in [2.45, 2.75) is 20.1 Å². The fourth-order valence-electron chi connectivity index (χ4n) is 2.93. The molecule has 0 aliphatic rings. The lowest BCUT2D eigenvalue weighted by Crippen LogP contribution is -2.03. The molecule has 0 amide bonds. The van der Waals surface area contributed by atoms with Gasteiger partial charge in [0.25, 0.3) is 0 Å². The summed E-state index contributed by atoms with van der Waals surface area (Å²) in [7, 11) is 0. The maximum Gasteiger partial charge on any atom is 0.175 e. The van der Waals surface area contributed by atoms with E-state index in [1.54, 1.807) is 30.5 Å². The Bertz CT molecular complexity index is 1200. The molecule has 0 aromatic heterocycles. The molecular formula is C25H20BrN3O3. The van der Waals surface area contributed by atoms with E-state index in [0.29, 0.717) is 33.7 Å². The summed E-state index contributed by atoms with van der Waals surface area (Å²) in [4.78, 5) is 5.37. The van der Waals surface area contributed by atoms with Crippen molar-refractivity contribution in [1.29, 1.82) is 10.5 Å². The molecule has 3 aromatic carbocycles. The van der Waals surface area contributed by atoms with E-state index in [1.807, 2.05) is 43.3 Å². The van der Waals surface area contributed by atoms with Gasteiger partial charge >= 0.3 is 0 Å². The lowest BCUT2D eigenvalue weighted by molar-refractivity contribution is 0.132. The molecule has 0 radical (unpaired) electrons. The van der Waals surface area contributed by atoms with Gasteiger partial charge in [-0.1, -0.05) is 41.6 Å². The smallest absolute Gasteiger partial charge is 0.175 e. The molecule has 3 aromatic rings. The van der Waals surface area contributed by atoms with Crippen LogP contribution in [0.25, 0.3) is 0 Å². The number of nitriles is 2. The van der Waals surface area contributed by atoms with E-state index in [4.69, 9.17) is 19.6 Å². The molecule has 0 saturated heterocycles. The lowest BCUT2D eigenvalue weighted by Gasteiger charge is -2.15. The van der Waals surface area contributed by atoms with Crippen LogP contribution in [0.1, 0.15) is 34.7 Å². The Morgan fingerprint density at radius 1 is 0.906 bits per heavy atom. The topological polar surface area (TPSA) is 87.6 Å². The predicted octanol–water partition coefficient (Wildman–Crippen LogP) is 5.72. The predicted molar refractivity (Wildman–Crippen MR) is 124 cm³/mol. The van der Waals surface area contributed by atoms with Crippen molar-refractivity contribution < 1.29 is 14.3 Å². The number of halogens is 1. The minimum atomic E-state index is 0.194. The first-order valence-corrected chi connectivity index (χ1v) is 10.7. The molecule has 0 aliphatic carbocycles. The highest BCUT2D eigenvalue weighted by Crippen LogP contribution is 2.37. The zero-order chi connectivity index (χ0) is 22.8. The van der Waals surface area contributed by atoms with Crippen LogP contribution in [-0.2, 0) is 18.1 Å². The van der Waals surface area contributed by atoms with Gasteiger partial charge in [-0.05, 0) is 47.1 Å². The van der Waals surface area contributed by atoms with E-state index < -0.39 is 0 Å². The quantitative estimate of drug-likeness (QED) is 0.283. The van der Waals surface area contributed by atoms with Gasteiger partial charge < -0.3 is 14.3 Å². The molecule has 0 heterocycles. The molecular weight excluding hydrogens is 470 g/mol. The van der Waals surface area contributed by atoms with E-state index in [-0.39, 0.29) is 13.2 Å². The third-order valence-corrected chi connectivity index (χ3v) is 5.06. The molecule has 0 unspecified atom stereocenters. The molecule has 6 nitrogen and oxygen atoms in total. The SMILES string of the molecule is CCOc1cc(/C=N\OCc2ccccc2C#N)cc(Br)c1OCc1ccccc1C#N. The fourth-order valence-corrected chi connectivity index (χ4v) is 3.51. The third kappa shape index (κ3) is 5.87. The van der Waals surface area contributed by atoms with Crippen molar-refractivity contribution in [3.8, 4) is 23.6 Å². The molecule has 0 aliphatic heterocycles. The van der Waals surface area contributed by atoms with Crippen LogP contribution in [0.2, 0.25) is 0 Å². The van der Waals surface area contributed by atoms with E-state index in [1.165, 1.54) is 0 Å². The number of hydrogen-bond donors (Lipinski definition) is 0. The summed E-state index contributed by atoms with van der Waals surface area (Å²) < 4.78 is 12.4. The number of ether oxygens (including phenoxy) is 2. The molecule has 0 N–H and O–H groups in total. The van der Waals surface area contributed by atoms with Crippen molar-refractivity contribution in [3.63, 3.8) is 0 Å². The Hall–Kier alpha value is -3.81. The van der Waals surface area contributed by atoms with Gasteiger partial charge in [0.2, 0.25) is 0 Å². The third-order valence-electron chi connectivity index (χ3n) is 4.48. The zero-order valence-electron chi connectivity index (χ0n) is 17.4. The Labute approximate surface area is 195 Å². The first-order valence-electron chi connectivity index (χ1n) is 9.86. The van der Waals surface area contributed by atoms with E-state index >= 15 is 0 Å². The van der Waals surface area contributed by atoms with Gasteiger partial charge in [0.05, 0.1) is 40.6 Å². The second kappa shape index (κ2) is 11.5. The van der Waals surface area contributed by atoms with Crippen LogP contribution < -0.4 is 9.47 Å². The van der Waals surface area contributed by atoms with Gasteiger partial charge in [0, 0.05) is 16.7 Å². The maximum absolute atomic E-state index is 9.27. The summed E-state index contributed by atoms with van der Waals surface area (Å²) in [5.74, 6) is 1.09. The second-order valence-electron chi connectivity index (χ2n) is 6.60. The first-order chi connectivity index (χ1) is 15.7. The Morgan fingerprint density at radius 2 is 1.53 bits per heavy atom. The minimum absolute atomic E-state index is 0.194. The average molecular weight is 490 g/mol. The number of nitrogens with zero attached hydrogens (tertiary/aromatic N) is 3. The van der Waals surface area contributed by atoms with E-state index in [9.17, 15) is 5.26 Å². The van der Waals surface area contributed by atoms with Crippen LogP contribution >= 0.6 is 15.9 Å². The summed E-state index contributed by atoms with van der Waals surface area (Å²) in [6.07, 6.45) is 1.57. The van der Waals surface area contributed by atoms with Crippen molar-refractivity contribution in [2.75, 3.05) is 6.61 Å². The maximum atomic E-state index is 9.27. The van der Waals surface area contributed by atoms with Gasteiger partial charge in [-0.2, -0.15) is 10.5 Å². The monoisotopic (exact) mass is 489 g/mol. The minimum Gasteiger partial charge on any atom is -0.490 e. The van der Waals surface area contributed by atoms with Crippen LogP contribution in [0, 0.1) is 22.7 Å². The normalized spacial score (nSPS) is 10.4. The van der Waals surface area contributed by atoms with Crippen molar-refractivity contribution in [1.82, 2.24) is 0 Å². The van der Waals surface area contributed by atoms with Crippen LogP contribution in [-0.4, -0.2) is 12.8 Å². The number of hydrogen-bond acceptors (Lipinski definition) is 6. The molecule has 7 heteroatoms. The van der Waals surface area contributed by atoms with Gasteiger partial charge in [-0.25, -0.2) is 0 Å². The van der Waals surface area contributed by atoms with Gasteiger partial charge in [0.1, 0.15) is 13.2 Å². The largest absolute Gasteiger partial charge is 0.490 e. The highest BCUT2D eigenvalue weighted by atomic mass is 79.9. The standard InChI is InChI=1S/C25H20BrN3O3/c1-2-30-24-12-18(15-29-32-17-22-10-6-4-8-20(22)14-28)11-23(26)25(24)31-16-21-9-5-3-7-19(21)13-27/h3-12,15H,2,16-17H2,1H3/b29-15-. The lowest BCUT2D eigenvalue weighted by atomic mass is 10.1. The second-order valence-corrected chi connectivity index (χ2v) is 7.45. The Morgan fingerprint density at radius 3 is 2.16 bits per heavy atom. The Kier molecular flexibility index (Phi) is 8.25. The molecule has 3 rings (SSSR count). The Balaban J connectivity index is 1.72. The highest BCUT2D eigenvalue weighted by molar-refractivity contribution is 9.10.